The van der Waals surface area contributed by atoms with E-state index in [0.717, 1.165) is 17.7 Å². The molecular formula is C29H28F7N3O2. The van der Waals surface area contributed by atoms with E-state index in [0.29, 0.717) is 35.6 Å². The second kappa shape index (κ2) is 11.0. The number of aliphatic hydroxyl groups is 1. The first-order chi connectivity index (χ1) is 19.0. The highest BCUT2D eigenvalue weighted by molar-refractivity contribution is 6.03. The Bertz CT molecular complexity index is 1390. The van der Waals surface area contributed by atoms with Gasteiger partial charge in [0, 0.05) is 19.2 Å². The van der Waals surface area contributed by atoms with Crippen LogP contribution in [0.25, 0.3) is 11.1 Å². The second-order valence-corrected chi connectivity index (χ2v) is 10.5. The fourth-order valence-electron chi connectivity index (χ4n) is 5.02. The monoisotopic (exact) mass is 583 g/mol. The van der Waals surface area contributed by atoms with E-state index in [1.54, 1.807) is 6.07 Å². The molecule has 0 radical (unpaired) electrons. The summed E-state index contributed by atoms with van der Waals surface area (Å²) in [6.45, 7) is 3.02. The van der Waals surface area contributed by atoms with Gasteiger partial charge in [-0.1, -0.05) is 12.1 Å². The number of benzene rings is 2. The summed E-state index contributed by atoms with van der Waals surface area (Å²) in [4.78, 5) is 21.3. The van der Waals surface area contributed by atoms with Gasteiger partial charge in [0.25, 0.3) is 0 Å². The van der Waals surface area contributed by atoms with E-state index in [4.69, 9.17) is 0 Å². The molecule has 1 amide bonds. The zero-order chi connectivity index (χ0) is 30.3. The molecule has 3 aromatic rings. The van der Waals surface area contributed by atoms with Crippen molar-refractivity contribution in [2.75, 3.05) is 30.0 Å². The number of aromatic nitrogens is 1. The van der Waals surface area contributed by atoms with Crippen LogP contribution in [-0.2, 0) is 22.6 Å². The van der Waals surface area contributed by atoms with E-state index in [1.807, 2.05) is 4.90 Å². The number of pyridine rings is 1. The van der Waals surface area contributed by atoms with Crippen LogP contribution in [0.15, 0.2) is 54.7 Å². The standard InChI is InChI=1S/C29H28F7N3O2/c1-27(2,18-11-19(28(31,32)33)13-20(12-18)29(34,35)36)26(41)38(3)24-15-37-25(39-10-4-5-22(39)16-40)14-23(24)17-6-8-21(30)9-7-17/h6-9,11-15,22,40H,4-5,10,16H2,1-3H3/t22-/m0/s1. The maximum atomic E-state index is 13.8. The predicted octanol–water partition coefficient (Wildman–Crippen LogP) is 6.83. The van der Waals surface area contributed by atoms with Crippen molar-refractivity contribution in [1.82, 2.24) is 4.98 Å². The lowest BCUT2D eigenvalue weighted by Crippen LogP contribution is -2.42. The minimum atomic E-state index is -5.07. The average molecular weight is 584 g/mol. The van der Waals surface area contributed by atoms with E-state index in [1.165, 1.54) is 51.4 Å². The summed E-state index contributed by atoms with van der Waals surface area (Å²) in [7, 11) is 1.35. The summed E-state index contributed by atoms with van der Waals surface area (Å²) in [5.74, 6) is -0.797. The van der Waals surface area contributed by atoms with Gasteiger partial charge in [-0.3, -0.25) is 4.79 Å². The Balaban J connectivity index is 1.80. The van der Waals surface area contributed by atoms with Gasteiger partial charge in [0.15, 0.2) is 0 Å². The molecule has 1 aromatic heterocycles. The Kier molecular flexibility index (Phi) is 8.10. The molecule has 0 aliphatic carbocycles. The first-order valence-electron chi connectivity index (χ1n) is 12.8. The van der Waals surface area contributed by atoms with Gasteiger partial charge in [-0.25, -0.2) is 9.37 Å². The Labute approximate surface area is 232 Å². The van der Waals surface area contributed by atoms with E-state index in [9.17, 15) is 40.6 Å². The normalized spacial score (nSPS) is 16.3. The van der Waals surface area contributed by atoms with E-state index in [2.05, 4.69) is 4.98 Å². The number of alkyl halides is 6. The fraction of sp³-hybridized carbons (Fsp3) is 0.379. The smallest absolute Gasteiger partial charge is 0.394 e. The molecule has 4 rings (SSSR count). The summed E-state index contributed by atoms with van der Waals surface area (Å²) in [6, 6.07) is 8.01. The van der Waals surface area contributed by atoms with Gasteiger partial charge in [0.1, 0.15) is 11.6 Å². The van der Waals surface area contributed by atoms with Crippen molar-refractivity contribution in [2.45, 2.75) is 50.5 Å². The number of hydrogen-bond acceptors (Lipinski definition) is 4. The van der Waals surface area contributed by atoms with Crippen LogP contribution in [0.3, 0.4) is 0 Å². The molecule has 41 heavy (non-hydrogen) atoms. The third-order valence-corrected chi connectivity index (χ3v) is 7.42. The molecule has 0 unspecified atom stereocenters. The van der Waals surface area contributed by atoms with Crippen LogP contribution < -0.4 is 9.80 Å². The number of hydrogen-bond donors (Lipinski definition) is 1. The van der Waals surface area contributed by atoms with Crippen LogP contribution >= 0.6 is 0 Å². The van der Waals surface area contributed by atoms with Crippen molar-refractivity contribution in [3.05, 3.63) is 77.2 Å². The summed E-state index contributed by atoms with van der Waals surface area (Å²) in [5.41, 5.74) is -4.19. The number of aliphatic hydroxyl groups excluding tert-OH is 1. The topological polar surface area (TPSA) is 56.7 Å². The van der Waals surface area contributed by atoms with Gasteiger partial charge in [-0.15, -0.1) is 0 Å². The fourth-order valence-corrected chi connectivity index (χ4v) is 5.02. The van der Waals surface area contributed by atoms with E-state index >= 15 is 0 Å². The zero-order valence-electron chi connectivity index (χ0n) is 22.4. The summed E-state index contributed by atoms with van der Waals surface area (Å²) >= 11 is 0. The third-order valence-electron chi connectivity index (χ3n) is 7.42. The third kappa shape index (κ3) is 6.17. The quantitative estimate of drug-likeness (QED) is 0.324. The maximum absolute atomic E-state index is 13.8. The van der Waals surface area contributed by atoms with Gasteiger partial charge < -0.3 is 14.9 Å². The molecular weight excluding hydrogens is 555 g/mol. The van der Waals surface area contributed by atoms with Crippen LogP contribution in [0.5, 0.6) is 0 Å². The molecule has 2 aromatic carbocycles. The predicted molar refractivity (Wildman–Crippen MR) is 140 cm³/mol. The number of anilines is 2. The minimum absolute atomic E-state index is 0.0149. The summed E-state index contributed by atoms with van der Waals surface area (Å²) in [6.07, 6.45) is -7.20. The molecule has 0 saturated carbocycles. The van der Waals surface area contributed by atoms with E-state index in [-0.39, 0.29) is 24.4 Å². The molecule has 5 nitrogen and oxygen atoms in total. The largest absolute Gasteiger partial charge is 0.416 e. The van der Waals surface area contributed by atoms with Gasteiger partial charge in [-0.05, 0) is 74.2 Å². The van der Waals surface area contributed by atoms with Crippen LogP contribution in [-0.4, -0.2) is 42.2 Å². The van der Waals surface area contributed by atoms with Gasteiger partial charge in [0.05, 0.1) is 41.1 Å². The van der Waals surface area contributed by atoms with Crippen molar-refractivity contribution in [3.63, 3.8) is 0 Å². The molecule has 12 heteroatoms. The van der Waals surface area contributed by atoms with E-state index < -0.39 is 46.2 Å². The zero-order valence-corrected chi connectivity index (χ0v) is 22.4. The van der Waals surface area contributed by atoms with Crippen LogP contribution in [0.2, 0.25) is 0 Å². The lowest BCUT2D eigenvalue weighted by molar-refractivity contribution is -0.143. The molecule has 0 bridgehead atoms. The van der Waals surface area contributed by atoms with Crippen LogP contribution in [0, 0.1) is 5.82 Å². The lowest BCUT2D eigenvalue weighted by atomic mass is 9.81. The molecule has 1 saturated heterocycles. The number of carbonyl (C=O) groups excluding carboxylic acids is 1. The molecule has 220 valence electrons. The van der Waals surface area contributed by atoms with Crippen molar-refractivity contribution in [3.8, 4) is 11.1 Å². The van der Waals surface area contributed by atoms with Gasteiger partial charge in [-0.2, -0.15) is 26.3 Å². The van der Waals surface area contributed by atoms with Crippen molar-refractivity contribution in [2.24, 2.45) is 0 Å². The number of amides is 1. The number of nitrogens with zero attached hydrogens (tertiary/aromatic N) is 3. The first-order valence-corrected chi connectivity index (χ1v) is 12.8. The van der Waals surface area contributed by atoms with Crippen molar-refractivity contribution >= 4 is 17.4 Å². The Hall–Kier alpha value is -3.67. The van der Waals surface area contributed by atoms with Gasteiger partial charge in [0.2, 0.25) is 5.91 Å². The first kappa shape index (κ1) is 30.3. The lowest BCUT2D eigenvalue weighted by Gasteiger charge is -2.32. The average Bonchev–Trinajstić information content (AvgIpc) is 3.40. The second-order valence-electron chi connectivity index (χ2n) is 10.5. The molecule has 1 fully saturated rings. The van der Waals surface area contributed by atoms with Crippen molar-refractivity contribution in [1.29, 1.82) is 0 Å². The minimum Gasteiger partial charge on any atom is -0.394 e. The Morgan fingerprint density at radius 2 is 1.54 bits per heavy atom. The molecule has 1 aliphatic heterocycles. The van der Waals surface area contributed by atoms with Crippen LogP contribution in [0.1, 0.15) is 43.4 Å². The molecule has 2 heterocycles. The summed E-state index contributed by atoms with van der Waals surface area (Å²) in [5, 5.41) is 9.76. The summed E-state index contributed by atoms with van der Waals surface area (Å²) < 4.78 is 94.8. The molecule has 0 spiro atoms. The molecule has 1 atom stereocenters. The maximum Gasteiger partial charge on any atom is 0.416 e. The highest BCUT2D eigenvalue weighted by atomic mass is 19.4. The van der Waals surface area contributed by atoms with Gasteiger partial charge >= 0.3 is 12.4 Å². The molecule has 1 N–H and O–H groups in total. The number of carbonyl (C=O) groups is 1. The number of likely N-dealkylation sites (N-methyl/N-ethyl adjacent to an activating group) is 1. The number of halogens is 7. The van der Waals surface area contributed by atoms with Crippen LogP contribution in [0.4, 0.5) is 42.2 Å². The Morgan fingerprint density at radius 3 is 2.07 bits per heavy atom. The SMILES string of the molecule is CN(C(=O)C(C)(C)c1cc(C(F)(F)F)cc(C(F)(F)F)c1)c1cnc(N2CCC[C@H]2CO)cc1-c1ccc(F)cc1. The highest BCUT2D eigenvalue weighted by Gasteiger charge is 2.41. The Morgan fingerprint density at radius 1 is 0.976 bits per heavy atom. The highest BCUT2D eigenvalue weighted by Crippen LogP contribution is 2.41. The van der Waals surface area contributed by atoms with Crippen molar-refractivity contribution < 1.29 is 40.6 Å². The number of rotatable bonds is 6. The molecule has 1 aliphatic rings.